The molecule has 29 heavy (non-hydrogen) atoms. The van der Waals surface area contributed by atoms with Crippen molar-refractivity contribution in [2.75, 3.05) is 11.9 Å². The van der Waals surface area contributed by atoms with Crippen molar-refractivity contribution in [1.29, 1.82) is 0 Å². The van der Waals surface area contributed by atoms with Gasteiger partial charge in [0.15, 0.2) is 9.84 Å². The fourth-order valence-corrected chi connectivity index (χ4v) is 6.38. The molecule has 154 valence electrons. The maximum Gasteiger partial charge on any atom is 0.322 e. The Morgan fingerprint density at radius 3 is 2.24 bits per heavy atom. The molecule has 2 aliphatic rings. The number of sulfone groups is 1. The highest BCUT2D eigenvalue weighted by Crippen LogP contribution is 2.40. The fraction of sp³-hybridized carbons (Fsp3) is 0.409. The molecule has 2 fully saturated rings. The first-order valence-electron chi connectivity index (χ1n) is 10.1. The minimum Gasteiger partial charge on any atom is -0.494 e. The predicted molar refractivity (Wildman–Crippen MR) is 112 cm³/mol. The summed E-state index contributed by atoms with van der Waals surface area (Å²) in [5.41, 5.74) is 0.705. The molecular formula is C22H26N2O4S. The first kappa shape index (κ1) is 19.8. The van der Waals surface area contributed by atoms with Crippen LogP contribution < -0.4 is 10.1 Å². The van der Waals surface area contributed by atoms with Crippen LogP contribution in [-0.4, -0.2) is 43.3 Å². The Bertz CT molecular complexity index is 946. The molecule has 6 nitrogen and oxygen atoms in total. The molecule has 1 N–H and O–H groups in total. The highest BCUT2D eigenvalue weighted by molar-refractivity contribution is 7.92. The lowest BCUT2D eigenvalue weighted by Gasteiger charge is -2.38. The standard InChI is InChI=1S/C22H26N2O4S/c1-2-28-19-12-8-16(9-13-19)23-22(25)24-17-10-11-18(24)15-21(14-17)29(26,27)20-6-4-3-5-7-20/h3-9,12-13,17-18,21H,2,10-11,14-15H2,1H3,(H,23,25). The molecule has 0 aromatic heterocycles. The lowest BCUT2D eigenvalue weighted by molar-refractivity contribution is 0.160. The topological polar surface area (TPSA) is 75.7 Å². The van der Waals surface area contributed by atoms with Gasteiger partial charge in [0.05, 0.1) is 16.8 Å². The van der Waals surface area contributed by atoms with E-state index in [0.717, 1.165) is 18.6 Å². The summed E-state index contributed by atoms with van der Waals surface area (Å²) in [7, 11) is -3.38. The molecule has 0 aliphatic carbocycles. The van der Waals surface area contributed by atoms with Crippen molar-refractivity contribution in [1.82, 2.24) is 4.90 Å². The van der Waals surface area contributed by atoms with Gasteiger partial charge in [0, 0.05) is 17.8 Å². The number of benzene rings is 2. The Hall–Kier alpha value is -2.54. The number of fused-ring (bicyclic) bond motifs is 2. The number of rotatable bonds is 5. The number of amides is 2. The molecule has 2 amide bonds. The van der Waals surface area contributed by atoms with Gasteiger partial charge in [-0.25, -0.2) is 13.2 Å². The summed E-state index contributed by atoms with van der Waals surface area (Å²) in [5, 5.41) is 2.52. The highest BCUT2D eigenvalue weighted by Gasteiger charge is 2.47. The molecular weight excluding hydrogens is 388 g/mol. The number of anilines is 1. The van der Waals surface area contributed by atoms with Crippen molar-refractivity contribution < 1.29 is 17.9 Å². The van der Waals surface area contributed by atoms with Gasteiger partial charge in [0.2, 0.25) is 0 Å². The average Bonchev–Trinajstić information content (AvgIpc) is 3.00. The van der Waals surface area contributed by atoms with Crippen molar-refractivity contribution in [2.45, 2.75) is 54.8 Å². The van der Waals surface area contributed by atoms with Crippen LogP contribution in [0.5, 0.6) is 5.75 Å². The van der Waals surface area contributed by atoms with E-state index in [1.54, 1.807) is 24.3 Å². The molecule has 2 aromatic carbocycles. The fourth-order valence-electron chi connectivity index (χ4n) is 4.50. The van der Waals surface area contributed by atoms with Crippen LogP contribution >= 0.6 is 0 Å². The first-order valence-corrected chi connectivity index (χ1v) is 11.6. The maximum absolute atomic E-state index is 13.0. The number of nitrogens with one attached hydrogen (secondary N) is 1. The van der Waals surface area contributed by atoms with Crippen LogP contribution in [0.25, 0.3) is 0 Å². The second-order valence-corrected chi connectivity index (χ2v) is 9.86. The van der Waals surface area contributed by atoms with Gasteiger partial charge in [-0.1, -0.05) is 18.2 Å². The molecule has 2 aromatic rings. The van der Waals surface area contributed by atoms with Gasteiger partial charge in [-0.15, -0.1) is 0 Å². The van der Waals surface area contributed by atoms with Gasteiger partial charge < -0.3 is 15.0 Å². The molecule has 2 unspecified atom stereocenters. The van der Waals surface area contributed by atoms with Gasteiger partial charge in [-0.05, 0) is 69.0 Å². The molecule has 0 saturated carbocycles. The molecule has 0 radical (unpaired) electrons. The van der Waals surface area contributed by atoms with E-state index in [1.807, 2.05) is 42.2 Å². The molecule has 4 rings (SSSR count). The molecule has 2 bridgehead atoms. The van der Waals surface area contributed by atoms with Crippen LogP contribution in [0.15, 0.2) is 59.5 Å². The summed E-state index contributed by atoms with van der Waals surface area (Å²) in [6, 6.07) is 15.7. The zero-order valence-electron chi connectivity index (χ0n) is 16.5. The van der Waals surface area contributed by atoms with Crippen molar-refractivity contribution in [3.63, 3.8) is 0 Å². The Labute approximate surface area is 171 Å². The van der Waals surface area contributed by atoms with E-state index < -0.39 is 15.1 Å². The van der Waals surface area contributed by atoms with Crippen LogP contribution in [0.3, 0.4) is 0 Å². The molecule has 0 spiro atoms. The Kier molecular flexibility index (Phi) is 5.50. The van der Waals surface area contributed by atoms with Gasteiger partial charge >= 0.3 is 6.03 Å². The second kappa shape index (κ2) is 8.06. The molecule has 7 heteroatoms. The van der Waals surface area contributed by atoms with E-state index >= 15 is 0 Å². The van der Waals surface area contributed by atoms with Crippen molar-refractivity contribution in [3.05, 3.63) is 54.6 Å². The normalized spacial score (nSPS) is 23.6. The molecule has 2 atom stereocenters. The summed E-state index contributed by atoms with van der Waals surface area (Å²) in [6.07, 6.45) is 2.68. The third kappa shape index (κ3) is 3.96. The largest absolute Gasteiger partial charge is 0.494 e. The third-order valence-electron chi connectivity index (χ3n) is 5.85. The van der Waals surface area contributed by atoms with E-state index in [1.165, 1.54) is 0 Å². The lowest BCUT2D eigenvalue weighted by Crippen LogP contribution is -2.51. The molecule has 2 aliphatic heterocycles. The number of piperidine rings is 1. The average molecular weight is 415 g/mol. The van der Waals surface area contributed by atoms with E-state index in [4.69, 9.17) is 4.74 Å². The number of ether oxygens (including phenoxy) is 1. The summed E-state index contributed by atoms with van der Waals surface area (Å²) in [6.45, 7) is 2.52. The van der Waals surface area contributed by atoms with Crippen LogP contribution in [-0.2, 0) is 9.84 Å². The van der Waals surface area contributed by atoms with Crippen molar-refractivity contribution in [2.24, 2.45) is 0 Å². The Balaban J connectivity index is 1.44. The zero-order valence-corrected chi connectivity index (χ0v) is 17.3. The Morgan fingerprint density at radius 2 is 1.66 bits per heavy atom. The Morgan fingerprint density at radius 1 is 1.03 bits per heavy atom. The molecule has 2 saturated heterocycles. The smallest absolute Gasteiger partial charge is 0.322 e. The summed E-state index contributed by atoms with van der Waals surface area (Å²) >= 11 is 0. The number of hydrogen-bond acceptors (Lipinski definition) is 4. The van der Waals surface area contributed by atoms with Gasteiger partial charge in [-0.2, -0.15) is 0 Å². The monoisotopic (exact) mass is 414 g/mol. The summed E-state index contributed by atoms with van der Waals surface area (Å²) < 4.78 is 31.5. The maximum atomic E-state index is 13.0. The number of carbonyl (C=O) groups excluding carboxylic acids is 1. The second-order valence-electron chi connectivity index (χ2n) is 7.63. The van der Waals surface area contributed by atoms with Gasteiger partial charge in [0.1, 0.15) is 5.75 Å². The van der Waals surface area contributed by atoms with E-state index in [9.17, 15) is 13.2 Å². The van der Waals surface area contributed by atoms with E-state index in [-0.39, 0.29) is 18.1 Å². The number of urea groups is 1. The minimum atomic E-state index is -3.38. The SMILES string of the molecule is CCOc1ccc(NC(=O)N2C3CCC2CC(S(=O)(=O)c2ccccc2)C3)cc1. The lowest BCUT2D eigenvalue weighted by atomic mass is 10.0. The van der Waals surface area contributed by atoms with Crippen LogP contribution in [0.1, 0.15) is 32.6 Å². The van der Waals surface area contributed by atoms with Crippen molar-refractivity contribution in [3.8, 4) is 5.75 Å². The first-order chi connectivity index (χ1) is 14.0. The minimum absolute atomic E-state index is 0.0417. The zero-order chi connectivity index (χ0) is 20.4. The number of carbonyl (C=O) groups is 1. The van der Waals surface area contributed by atoms with Crippen molar-refractivity contribution >= 4 is 21.6 Å². The summed E-state index contributed by atoms with van der Waals surface area (Å²) in [4.78, 5) is 15.1. The van der Waals surface area contributed by atoms with E-state index in [0.29, 0.717) is 30.0 Å². The molecule has 2 heterocycles. The quantitative estimate of drug-likeness (QED) is 0.800. The number of nitrogens with zero attached hydrogens (tertiary/aromatic N) is 1. The predicted octanol–water partition coefficient (Wildman–Crippen LogP) is 4.09. The van der Waals surface area contributed by atoms with Crippen LogP contribution in [0.4, 0.5) is 10.5 Å². The van der Waals surface area contributed by atoms with Crippen LogP contribution in [0.2, 0.25) is 0 Å². The third-order valence-corrected chi connectivity index (χ3v) is 8.04. The summed E-state index contributed by atoms with van der Waals surface area (Å²) in [5.74, 6) is 0.762. The number of hydrogen-bond donors (Lipinski definition) is 1. The van der Waals surface area contributed by atoms with Crippen LogP contribution in [0, 0.1) is 0 Å². The van der Waals surface area contributed by atoms with E-state index in [2.05, 4.69) is 5.32 Å². The van der Waals surface area contributed by atoms with Gasteiger partial charge in [-0.3, -0.25) is 0 Å². The highest BCUT2D eigenvalue weighted by atomic mass is 32.2. The van der Waals surface area contributed by atoms with Gasteiger partial charge in [0.25, 0.3) is 0 Å².